The second kappa shape index (κ2) is 4.19. The maximum Gasteiger partial charge on any atom is 0.0695 e. The Bertz CT molecular complexity index is 377. The lowest BCUT2D eigenvalue weighted by atomic mass is 9.98. The molecule has 1 N–H and O–H groups in total. The molecule has 0 amide bonds. The van der Waals surface area contributed by atoms with Gasteiger partial charge in [-0.1, -0.05) is 24.3 Å². The Kier molecular flexibility index (Phi) is 2.70. The highest BCUT2D eigenvalue weighted by Crippen LogP contribution is 2.28. The van der Waals surface area contributed by atoms with Crippen molar-refractivity contribution < 1.29 is 5.11 Å². The Balaban J connectivity index is 1.77. The van der Waals surface area contributed by atoms with Crippen molar-refractivity contribution >= 4 is 0 Å². The van der Waals surface area contributed by atoms with Crippen LogP contribution in [-0.2, 0) is 13.0 Å². The zero-order valence-corrected chi connectivity index (χ0v) is 9.60. The normalized spacial score (nSPS) is 30.3. The third kappa shape index (κ3) is 1.76. The number of benzene rings is 1. The molecule has 0 saturated heterocycles. The molecule has 86 valence electrons. The minimum atomic E-state index is -0.0923. The van der Waals surface area contributed by atoms with Crippen molar-refractivity contribution in [3.8, 4) is 0 Å². The second-order valence-electron chi connectivity index (χ2n) is 5.05. The third-order valence-electron chi connectivity index (χ3n) is 4.07. The Hall–Kier alpha value is -0.860. The predicted molar refractivity (Wildman–Crippen MR) is 64.2 cm³/mol. The molecule has 1 aliphatic heterocycles. The van der Waals surface area contributed by atoms with Crippen LogP contribution in [0.2, 0.25) is 0 Å². The first-order chi connectivity index (χ1) is 7.84. The van der Waals surface area contributed by atoms with E-state index in [0.29, 0.717) is 6.04 Å². The highest BCUT2D eigenvalue weighted by atomic mass is 16.3. The molecule has 0 bridgehead atoms. The lowest BCUT2D eigenvalue weighted by Crippen LogP contribution is -2.43. The smallest absolute Gasteiger partial charge is 0.0695 e. The van der Waals surface area contributed by atoms with Gasteiger partial charge in [-0.25, -0.2) is 0 Å². The Morgan fingerprint density at radius 1 is 1.12 bits per heavy atom. The minimum Gasteiger partial charge on any atom is -0.391 e. The van der Waals surface area contributed by atoms with Crippen molar-refractivity contribution in [2.75, 3.05) is 6.54 Å². The van der Waals surface area contributed by atoms with Crippen LogP contribution >= 0.6 is 0 Å². The van der Waals surface area contributed by atoms with E-state index in [2.05, 4.69) is 29.2 Å². The minimum absolute atomic E-state index is 0.0923. The Morgan fingerprint density at radius 3 is 2.69 bits per heavy atom. The van der Waals surface area contributed by atoms with Gasteiger partial charge in [-0.2, -0.15) is 0 Å². The van der Waals surface area contributed by atoms with Crippen LogP contribution in [0.15, 0.2) is 24.3 Å². The van der Waals surface area contributed by atoms with Gasteiger partial charge >= 0.3 is 0 Å². The molecule has 2 heteroatoms. The fourth-order valence-electron chi connectivity index (χ4n) is 3.15. The summed E-state index contributed by atoms with van der Waals surface area (Å²) < 4.78 is 0. The van der Waals surface area contributed by atoms with Gasteiger partial charge in [0.1, 0.15) is 0 Å². The number of rotatable bonds is 1. The first kappa shape index (κ1) is 10.3. The predicted octanol–water partition coefficient (Wildman–Crippen LogP) is 1.96. The Labute approximate surface area is 96.9 Å². The van der Waals surface area contributed by atoms with Crippen LogP contribution in [0.25, 0.3) is 0 Å². The second-order valence-corrected chi connectivity index (χ2v) is 5.05. The quantitative estimate of drug-likeness (QED) is 0.777. The first-order valence-corrected chi connectivity index (χ1v) is 6.33. The molecule has 3 rings (SSSR count). The monoisotopic (exact) mass is 217 g/mol. The molecule has 1 aliphatic carbocycles. The summed E-state index contributed by atoms with van der Waals surface area (Å²) in [5, 5.41) is 9.95. The zero-order valence-electron chi connectivity index (χ0n) is 9.60. The molecule has 0 unspecified atom stereocenters. The summed E-state index contributed by atoms with van der Waals surface area (Å²) in [6.07, 6.45) is 4.39. The van der Waals surface area contributed by atoms with Gasteiger partial charge < -0.3 is 5.11 Å². The largest absolute Gasteiger partial charge is 0.391 e. The molecule has 16 heavy (non-hydrogen) atoms. The molecule has 1 fully saturated rings. The van der Waals surface area contributed by atoms with Gasteiger partial charge in [-0.3, -0.25) is 4.90 Å². The van der Waals surface area contributed by atoms with E-state index in [-0.39, 0.29) is 6.10 Å². The van der Waals surface area contributed by atoms with E-state index in [9.17, 15) is 5.11 Å². The van der Waals surface area contributed by atoms with Crippen LogP contribution in [0.1, 0.15) is 30.4 Å². The molecule has 2 aliphatic rings. The number of aliphatic hydroxyl groups is 1. The molecule has 0 radical (unpaired) electrons. The van der Waals surface area contributed by atoms with Crippen molar-refractivity contribution in [2.24, 2.45) is 0 Å². The molecule has 1 saturated carbocycles. The zero-order chi connectivity index (χ0) is 11.0. The first-order valence-electron chi connectivity index (χ1n) is 6.33. The van der Waals surface area contributed by atoms with Crippen molar-refractivity contribution in [2.45, 2.75) is 44.4 Å². The number of aliphatic hydroxyl groups excluding tert-OH is 1. The van der Waals surface area contributed by atoms with Crippen LogP contribution in [0.4, 0.5) is 0 Å². The Morgan fingerprint density at radius 2 is 1.94 bits per heavy atom. The fraction of sp³-hybridized carbons (Fsp3) is 0.571. The molecule has 2 nitrogen and oxygen atoms in total. The van der Waals surface area contributed by atoms with Crippen LogP contribution in [0, 0.1) is 0 Å². The average molecular weight is 217 g/mol. The summed E-state index contributed by atoms with van der Waals surface area (Å²) in [5.41, 5.74) is 2.94. The van der Waals surface area contributed by atoms with E-state index in [4.69, 9.17) is 0 Å². The van der Waals surface area contributed by atoms with E-state index in [1.165, 1.54) is 24.0 Å². The van der Waals surface area contributed by atoms with Gasteiger partial charge in [-0.05, 0) is 36.8 Å². The van der Waals surface area contributed by atoms with Crippen molar-refractivity contribution in [1.29, 1.82) is 0 Å². The van der Waals surface area contributed by atoms with Crippen LogP contribution in [0.5, 0.6) is 0 Å². The topological polar surface area (TPSA) is 23.5 Å². The summed E-state index contributed by atoms with van der Waals surface area (Å²) in [6, 6.07) is 9.11. The number of hydrogen-bond donors (Lipinski definition) is 1. The number of nitrogens with zero attached hydrogens (tertiary/aromatic N) is 1. The van der Waals surface area contributed by atoms with Crippen molar-refractivity contribution in [1.82, 2.24) is 4.90 Å². The molecule has 0 spiro atoms. The van der Waals surface area contributed by atoms with E-state index in [1.54, 1.807) is 0 Å². The SMILES string of the molecule is O[C@@H]1CCC[C@@H]1N1CCc2ccccc2C1. The molecule has 2 atom stereocenters. The average Bonchev–Trinajstić information content (AvgIpc) is 2.75. The van der Waals surface area contributed by atoms with Gasteiger partial charge in [0.15, 0.2) is 0 Å². The van der Waals surface area contributed by atoms with Crippen molar-refractivity contribution in [3.63, 3.8) is 0 Å². The lowest BCUT2D eigenvalue weighted by molar-refractivity contribution is 0.0626. The summed E-state index contributed by atoms with van der Waals surface area (Å²) in [5.74, 6) is 0. The molecular formula is C14H19NO. The van der Waals surface area contributed by atoms with E-state index in [0.717, 1.165) is 25.9 Å². The lowest BCUT2D eigenvalue weighted by Gasteiger charge is -2.35. The summed E-state index contributed by atoms with van der Waals surface area (Å²) in [7, 11) is 0. The summed E-state index contributed by atoms with van der Waals surface area (Å²) in [4.78, 5) is 2.47. The molecule has 1 aromatic carbocycles. The van der Waals surface area contributed by atoms with Gasteiger partial charge in [0.2, 0.25) is 0 Å². The van der Waals surface area contributed by atoms with Crippen LogP contribution in [-0.4, -0.2) is 28.7 Å². The van der Waals surface area contributed by atoms with Gasteiger partial charge in [0.05, 0.1) is 6.10 Å². The van der Waals surface area contributed by atoms with Crippen LogP contribution < -0.4 is 0 Å². The van der Waals surface area contributed by atoms with Gasteiger partial charge in [-0.15, -0.1) is 0 Å². The molecule has 1 heterocycles. The third-order valence-corrected chi connectivity index (χ3v) is 4.07. The maximum absolute atomic E-state index is 9.95. The maximum atomic E-state index is 9.95. The van der Waals surface area contributed by atoms with E-state index >= 15 is 0 Å². The van der Waals surface area contributed by atoms with E-state index in [1.807, 2.05) is 0 Å². The van der Waals surface area contributed by atoms with Gasteiger partial charge in [0.25, 0.3) is 0 Å². The standard InChI is InChI=1S/C14H19NO/c16-14-7-3-6-13(14)15-9-8-11-4-1-2-5-12(11)10-15/h1-2,4-5,13-14,16H,3,6-10H2/t13-,14+/m0/s1. The van der Waals surface area contributed by atoms with Gasteiger partial charge in [0, 0.05) is 19.1 Å². The highest BCUT2D eigenvalue weighted by molar-refractivity contribution is 5.29. The summed E-state index contributed by atoms with van der Waals surface area (Å²) >= 11 is 0. The van der Waals surface area contributed by atoms with E-state index < -0.39 is 0 Å². The fourth-order valence-corrected chi connectivity index (χ4v) is 3.15. The molecule has 1 aromatic rings. The molecule has 0 aromatic heterocycles. The number of hydrogen-bond acceptors (Lipinski definition) is 2. The van der Waals surface area contributed by atoms with Crippen molar-refractivity contribution in [3.05, 3.63) is 35.4 Å². The highest BCUT2D eigenvalue weighted by Gasteiger charge is 2.32. The molecular weight excluding hydrogens is 198 g/mol. The van der Waals surface area contributed by atoms with Crippen LogP contribution in [0.3, 0.4) is 0 Å². The summed E-state index contributed by atoms with van der Waals surface area (Å²) in [6.45, 7) is 2.14. The number of fused-ring (bicyclic) bond motifs is 1.